The summed E-state index contributed by atoms with van der Waals surface area (Å²) in [4.78, 5) is 28.3. The predicted molar refractivity (Wildman–Crippen MR) is 107 cm³/mol. The van der Waals surface area contributed by atoms with Crippen LogP contribution in [0.25, 0.3) is 0 Å². The molecule has 2 aromatic rings. The number of amides is 1. The monoisotopic (exact) mass is 462 g/mol. The minimum Gasteiger partial charge on any atom is -0.462 e. The maximum atomic E-state index is 12.5. The highest BCUT2D eigenvalue weighted by Crippen LogP contribution is 2.38. The number of esters is 1. The van der Waals surface area contributed by atoms with Gasteiger partial charge in [0, 0.05) is 18.0 Å². The largest absolute Gasteiger partial charge is 0.462 e. The van der Waals surface area contributed by atoms with E-state index in [1.807, 2.05) is 0 Å². The Morgan fingerprint density at radius 2 is 2.15 bits per heavy atom. The average Bonchev–Trinajstić information content (AvgIpc) is 3.17. The van der Waals surface area contributed by atoms with Gasteiger partial charge in [-0.05, 0) is 53.5 Å². The maximum Gasteiger partial charge on any atom is 0.341 e. The van der Waals surface area contributed by atoms with Gasteiger partial charge in [-0.25, -0.2) is 4.79 Å². The van der Waals surface area contributed by atoms with Gasteiger partial charge in [0.1, 0.15) is 5.00 Å². The zero-order valence-corrected chi connectivity index (χ0v) is 17.7. The molecule has 3 heterocycles. The number of fused-ring (bicyclic) bond motifs is 1. The number of carbonyl (C=O) groups excluding carboxylic acids is 2. The van der Waals surface area contributed by atoms with E-state index in [1.165, 1.54) is 11.3 Å². The van der Waals surface area contributed by atoms with Crippen LogP contribution in [0.3, 0.4) is 0 Å². The van der Waals surface area contributed by atoms with E-state index in [-0.39, 0.29) is 30.0 Å². The number of likely N-dealkylation sites (N-methyl/N-ethyl adjacent to an activating group) is 1. The summed E-state index contributed by atoms with van der Waals surface area (Å²) in [5, 5.41) is 3.34. The van der Waals surface area contributed by atoms with Crippen LogP contribution in [-0.4, -0.2) is 36.5 Å². The Bertz CT molecular complexity index is 805. The number of halogens is 2. The molecule has 26 heavy (non-hydrogen) atoms. The molecule has 2 aromatic heterocycles. The standard InChI is InChI=1S/C17H19BrN2O4S.ClH/c1-3-20-8-7-10-12(9-20)25-16(14(10)17(22)23-4-2)19-15(21)11-5-6-13(18)24-11;/h5-6H,3-4,7-9H2,1-2H3,(H,19,21);1H. The van der Waals surface area contributed by atoms with Gasteiger partial charge in [-0.3, -0.25) is 9.69 Å². The zero-order valence-electron chi connectivity index (χ0n) is 14.5. The fourth-order valence-electron chi connectivity index (χ4n) is 2.83. The molecule has 1 aliphatic rings. The van der Waals surface area contributed by atoms with Gasteiger partial charge in [0.2, 0.25) is 0 Å². The molecule has 0 radical (unpaired) electrons. The zero-order chi connectivity index (χ0) is 18.0. The predicted octanol–water partition coefficient (Wildman–Crippen LogP) is 4.33. The average molecular weight is 464 g/mol. The summed E-state index contributed by atoms with van der Waals surface area (Å²) in [7, 11) is 0. The first kappa shape index (κ1) is 21.0. The fraction of sp³-hybridized carbons (Fsp3) is 0.412. The van der Waals surface area contributed by atoms with Crippen LogP contribution < -0.4 is 5.32 Å². The molecule has 1 N–H and O–H groups in total. The third kappa shape index (κ3) is 4.31. The number of ether oxygens (including phenoxy) is 1. The van der Waals surface area contributed by atoms with Crippen molar-refractivity contribution in [1.29, 1.82) is 0 Å². The summed E-state index contributed by atoms with van der Waals surface area (Å²) in [6.45, 7) is 6.81. The molecule has 0 fully saturated rings. The number of rotatable bonds is 5. The van der Waals surface area contributed by atoms with Crippen LogP contribution in [-0.2, 0) is 17.7 Å². The second kappa shape index (κ2) is 9.03. The van der Waals surface area contributed by atoms with Gasteiger partial charge in [0.05, 0.1) is 12.2 Å². The van der Waals surface area contributed by atoms with Crippen molar-refractivity contribution in [2.75, 3.05) is 25.0 Å². The normalized spacial score (nSPS) is 13.7. The minimum absolute atomic E-state index is 0. The number of hydrogen-bond donors (Lipinski definition) is 1. The summed E-state index contributed by atoms with van der Waals surface area (Å²) >= 11 is 4.62. The van der Waals surface area contributed by atoms with Gasteiger partial charge in [-0.1, -0.05) is 6.92 Å². The lowest BCUT2D eigenvalue weighted by Gasteiger charge is -2.25. The Balaban J connectivity index is 0.00000243. The lowest BCUT2D eigenvalue weighted by Crippen LogP contribution is -2.30. The van der Waals surface area contributed by atoms with Crippen LogP contribution in [0.4, 0.5) is 5.00 Å². The first-order valence-corrected chi connectivity index (χ1v) is 9.75. The Morgan fingerprint density at radius 3 is 2.77 bits per heavy atom. The van der Waals surface area contributed by atoms with Crippen LogP contribution in [0, 0.1) is 0 Å². The summed E-state index contributed by atoms with van der Waals surface area (Å²) in [6, 6.07) is 3.23. The number of thiophene rings is 1. The summed E-state index contributed by atoms with van der Waals surface area (Å²) in [5.74, 6) is -0.591. The van der Waals surface area contributed by atoms with Gasteiger partial charge in [-0.15, -0.1) is 23.7 Å². The summed E-state index contributed by atoms with van der Waals surface area (Å²) < 4.78 is 11.0. The van der Waals surface area contributed by atoms with Crippen molar-refractivity contribution in [2.45, 2.75) is 26.8 Å². The Kier molecular flexibility index (Phi) is 7.28. The topological polar surface area (TPSA) is 71.8 Å². The summed E-state index contributed by atoms with van der Waals surface area (Å²) in [6.07, 6.45) is 0.774. The van der Waals surface area contributed by atoms with Gasteiger partial charge < -0.3 is 14.5 Å². The molecule has 9 heteroatoms. The van der Waals surface area contributed by atoms with Crippen molar-refractivity contribution in [1.82, 2.24) is 4.90 Å². The van der Waals surface area contributed by atoms with Gasteiger partial charge >= 0.3 is 5.97 Å². The van der Waals surface area contributed by atoms with Crippen LogP contribution in [0.5, 0.6) is 0 Å². The third-order valence-electron chi connectivity index (χ3n) is 4.09. The quantitative estimate of drug-likeness (QED) is 0.668. The first-order chi connectivity index (χ1) is 12.0. The van der Waals surface area contributed by atoms with E-state index in [0.717, 1.165) is 36.5 Å². The Labute approximate surface area is 170 Å². The van der Waals surface area contributed by atoms with Crippen LogP contribution in [0.1, 0.15) is 45.2 Å². The van der Waals surface area contributed by atoms with Crippen molar-refractivity contribution in [3.8, 4) is 0 Å². The summed E-state index contributed by atoms with van der Waals surface area (Å²) in [5.41, 5.74) is 1.47. The molecule has 6 nitrogen and oxygen atoms in total. The smallest absolute Gasteiger partial charge is 0.341 e. The third-order valence-corrected chi connectivity index (χ3v) is 5.65. The van der Waals surface area contributed by atoms with Crippen molar-refractivity contribution in [2.24, 2.45) is 0 Å². The lowest BCUT2D eigenvalue weighted by molar-refractivity contribution is 0.0526. The van der Waals surface area contributed by atoms with Gasteiger partial charge in [0.15, 0.2) is 10.4 Å². The lowest BCUT2D eigenvalue weighted by atomic mass is 10.0. The van der Waals surface area contributed by atoms with E-state index >= 15 is 0 Å². The molecule has 0 spiro atoms. The van der Waals surface area contributed by atoms with E-state index in [2.05, 4.69) is 33.1 Å². The molecular weight excluding hydrogens is 444 g/mol. The van der Waals surface area contributed by atoms with Crippen molar-refractivity contribution in [3.05, 3.63) is 38.6 Å². The number of nitrogens with zero attached hydrogens (tertiary/aromatic N) is 1. The van der Waals surface area contributed by atoms with E-state index in [4.69, 9.17) is 9.15 Å². The highest BCUT2D eigenvalue weighted by atomic mass is 79.9. The SMILES string of the molecule is CCOC(=O)c1c(NC(=O)c2ccc(Br)o2)sc2c1CCN(CC)C2.Cl. The molecule has 0 atom stereocenters. The number of anilines is 1. The molecular formula is C17H20BrClN2O4S. The fourth-order valence-corrected chi connectivity index (χ4v) is 4.41. The van der Waals surface area contributed by atoms with Gasteiger partial charge in [-0.2, -0.15) is 0 Å². The Morgan fingerprint density at radius 1 is 1.38 bits per heavy atom. The molecule has 0 aromatic carbocycles. The number of hydrogen-bond acceptors (Lipinski definition) is 6. The van der Waals surface area contributed by atoms with Crippen LogP contribution in [0.2, 0.25) is 0 Å². The van der Waals surface area contributed by atoms with E-state index < -0.39 is 0 Å². The minimum atomic E-state index is -0.388. The molecule has 142 valence electrons. The second-order valence-electron chi connectivity index (χ2n) is 5.61. The van der Waals surface area contributed by atoms with E-state index in [9.17, 15) is 9.59 Å². The number of furan rings is 1. The van der Waals surface area contributed by atoms with Crippen molar-refractivity contribution in [3.63, 3.8) is 0 Å². The van der Waals surface area contributed by atoms with Crippen LogP contribution >= 0.6 is 39.7 Å². The van der Waals surface area contributed by atoms with E-state index in [1.54, 1.807) is 19.1 Å². The second-order valence-corrected chi connectivity index (χ2v) is 7.49. The molecule has 0 aliphatic carbocycles. The molecule has 0 saturated heterocycles. The highest BCUT2D eigenvalue weighted by molar-refractivity contribution is 9.10. The molecule has 0 bridgehead atoms. The Hall–Kier alpha value is -1.35. The van der Waals surface area contributed by atoms with Crippen LogP contribution in [0.15, 0.2) is 21.2 Å². The first-order valence-electron chi connectivity index (χ1n) is 8.14. The van der Waals surface area contributed by atoms with E-state index in [0.29, 0.717) is 21.8 Å². The maximum absolute atomic E-state index is 12.5. The van der Waals surface area contributed by atoms with Gasteiger partial charge in [0.25, 0.3) is 5.91 Å². The molecule has 3 rings (SSSR count). The molecule has 1 aliphatic heterocycles. The molecule has 0 unspecified atom stereocenters. The number of carbonyl (C=O) groups is 2. The van der Waals surface area contributed by atoms with Crippen molar-refractivity contribution < 1.29 is 18.7 Å². The molecule has 1 amide bonds. The highest BCUT2D eigenvalue weighted by Gasteiger charge is 2.29. The van der Waals surface area contributed by atoms with Crippen molar-refractivity contribution >= 4 is 56.6 Å². The molecule has 0 saturated carbocycles. The number of nitrogens with one attached hydrogen (secondary N) is 1.